The second-order valence-electron chi connectivity index (χ2n) is 8.93. The van der Waals surface area contributed by atoms with Gasteiger partial charge in [0.1, 0.15) is 0 Å². The van der Waals surface area contributed by atoms with Gasteiger partial charge in [0.15, 0.2) is 0 Å². The molecule has 0 aliphatic rings. The van der Waals surface area contributed by atoms with Crippen LogP contribution in [-0.4, -0.2) is 39.4 Å². The Kier molecular flexibility index (Phi) is 24.9. The van der Waals surface area contributed by atoms with Crippen LogP contribution in [-0.2, 0) is 9.22 Å². The molecule has 3 nitrogen and oxygen atoms in total. The molecule has 4 heteroatoms. The monoisotopic (exact) mass is 536 g/mol. The first-order valence-corrected chi connectivity index (χ1v) is 19.2. The Morgan fingerprint density at radius 1 is 0.367 bits per heavy atom. The summed E-state index contributed by atoms with van der Waals surface area (Å²) >= 11 is -3.43. The van der Waals surface area contributed by atoms with Crippen LogP contribution in [0.4, 0.5) is 0 Å². The van der Waals surface area contributed by atoms with Crippen LogP contribution in [0, 0.1) is 0 Å². The molecule has 182 valence electrons. The molecular weight excluding hydrogens is 479 g/mol. The minimum atomic E-state index is -3.43. The third kappa shape index (κ3) is 19.4. The molecule has 0 atom stereocenters. The first kappa shape index (κ1) is 30.7. The summed E-state index contributed by atoms with van der Waals surface area (Å²) in [5.41, 5.74) is 0. The van der Waals surface area contributed by atoms with Gasteiger partial charge in [0, 0.05) is 0 Å². The Bertz CT molecular complexity index is 289. The van der Waals surface area contributed by atoms with Gasteiger partial charge in [0.05, 0.1) is 0 Å². The summed E-state index contributed by atoms with van der Waals surface area (Å²) < 4.78 is 20.8. The summed E-state index contributed by atoms with van der Waals surface area (Å²) in [7, 11) is 0. The fourth-order valence-electron chi connectivity index (χ4n) is 3.73. The number of rotatable bonds is 25. The molecule has 0 rings (SSSR count). The summed E-state index contributed by atoms with van der Waals surface area (Å²) in [5.74, 6) is 0. The van der Waals surface area contributed by atoms with Crippen LogP contribution in [0.25, 0.3) is 0 Å². The summed E-state index contributed by atoms with van der Waals surface area (Å²) in [6.45, 7) is 11.6. The first-order chi connectivity index (χ1) is 14.7. The van der Waals surface area contributed by atoms with Crippen molar-refractivity contribution in [3.05, 3.63) is 0 Å². The van der Waals surface area contributed by atoms with Crippen molar-refractivity contribution in [3.63, 3.8) is 0 Å². The van der Waals surface area contributed by atoms with Crippen molar-refractivity contribution in [2.24, 2.45) is 0 Å². The first-order valence-electron chi connectivity index (χ1n) is 13.7. The van der Waals surface area contributed by atoms with E-state index in [1.165, 1.54) is 96.3 Å². The minimum absolute atomic E-state index is 0.843. The van der Waals surface area contributed by atoms with E-state index in [1.807, 2.05) is 0 Å². The second-order valence-corrected chi connectivity index (χ2v) is 16.7. The number of unbranched alkanes of at least 4 members (excludes halogenated alkanes) is 14. The standard InChI is InChI=1S/C8H17.3C6H13O.Sn/c1-3-5-7-8-6-4-2;3*1-2-3-4-5-6-7;/h1,3-8H2,2H3;3*2-6H2,1H3;/q;3*-1;+3. The molecule has 0 saturated heterocycles. The Labute approximate surface area is 195 Å². The van der Waals surface area contributed by atoms with Gasteiger partial charge < -0.3 is 0 Å². The van der Waals surface area contributed by atoms with Gasteiger partial charge in [-0.05, 0) is 0 Å². The van der Waals surface area contributed by atoms with Gasteiger partial charge in [-0.15, -0.1) is 0 Å². The average molecular weight is 535 g/mol. The number of hydrogen-bond acceptors (Lipinski definition) is 3. The second kappa shape index (κ2) is 24.3. The molecule has 0 bridgehead atoms. The third-order valence-electron chi connectivity index (χ3n) is 5.80. The summed E-state index contributed by atoms with van der Waals surface area (Å²) in [6.07, 6.45) is 22.9. The van der Waals surface area contributed by atoms with Gasteiger partial charge in [-0.2, -0.15) is 0 Å². The fraction of sp³-hybridized carbons (Fsp3) is 1.00. The van der Waals surface area contributed by atoms with Crippen LogP contribution in [0.3, 0.4) is 0 Å². The fourth-order valence-corrected chi connectivity index (χ4v) is 11.5. The van der Waals surface area contributed by atoms with Crippen molar-refractivity contribution in [1.82, 2.24) is 0 Å². The Balaban J connectivity index is 4.69. The van der Waals surface area contributed by atoms with Crippen LogP contribution in [0.1, 0.15) is 143 Å². The van der Waals surface area contributed by atoms with E-state index in [2.05, 4.69) is 27.7 Å². The molecule has 0 unspecified atom stereocenters. The van der Waals surface area contributed by atoms with Crippen molar-refractivity contribution in [1.29, 1.82) is 0 Å². The van der Waals surface area contributed by atoms with E-state index in [0.717, 1.165) is 43.5 Å². The van der Waals surface area contributed by atoms with E-state index < -0.39 is 19.6 Å². The van der Waals surface area contributed by atoms with E-state index in [4.69, 9.17) is 9.22 Å². The SMILES string of the molecule is CCCCCCC[CH2][Sn]([O]CCCCCC)([O]CCCCCC)[O]CCCCCC. The maximum absolute atomic E-state index is 6.58. The normalized spacial score (nSPS) is 12.0. The molecule has 0 aliphatic carbocycles. The molecule has 0 fully saturated rings. The van der Waals surface area contributed by atoms with Gasteiger partial charge in [0.2, 0.25) is 0 Å². The van der Waals surface area contributed by atoms with Crippen molar-refractivity contribution in [2.75, 3.05) is 19.8 Å². The van der Waals surface area contributed by atoms with E-state index in [0.29, 0.717) is 0 Å². The molecule has 0 radical (unpaired) electrons. The summed E-state index contributed by atoms with van der Waals surface area (Å²) in [4.78, 5) is 0. The Morgan fingerprint density at radius 2 is 0.667 bits per heavy atom. The van der Waals surface area contributed by atoms with E-state index in [-0.39, 0.29) is 0 Å². The molecule has 0 saturated carbocycles. The van der Waals surface area contributed by atoms with Crippen LogP contribution >= 0.6 is 0 Å². The van der Waals surface area contributed by atoms with Gasteiger partial charge in [-0.3, -0.25) is 0 Å². The van der Waals surface area contributed by atoms with Crippen molar-refractivity contribution in [3.8, 4) is 0 Å². The molecule has 0 N–H and O–H groups in total. The molecule has 0 aromatic heterocycles. The molecule has 0 aromatic carbocycles. The van der Waals surface area contributed by atoms with Gasteiger partial charge in [-0.1, -0.05) is 0 Å². The zero-order chi connectivity index (χ0) is 22.2. The van der Waals surface area contributed by atoms with Gasteiger partial charge in [0.25, 0.3) is 0 Å². The van der Waals surface area contributed by atoms with Crippen molar-refractivity contribution < 1.29 is 9.22 Å². The van der Waals surface area contributed by atoms with Gasteiger partial charge >= 0.3 is 196 Å². The van der Waals surface area contributed by atoms with Crippen LogP contribution in [0.5, 0.6) is 0 Å². The number of hydrogen-bond donors (Lipinski definition) is 0. The third-order valence-corrected chi connectivity index (χ3v) is 14.1. The van der Waals surface area contributed by atoms with Crippen molar-refractivity contribution in [2.45, 2.75) is 148 Å². The van der Waals surface area contributed by atoms with Crippen LogP contribution < -0.4 is 0 Å². The van der Waals surface area contributed by atoms with Crippen molar-refractivity contribution >= 4 is 19.6 Å². The molecule has 30 heavy (non-hydrogen) atoms. The quantitative estimate of drug-likeness (QED) is 0.0862. The molecule has 0 heterocycles. The van der Waals surface area contributed by atoms with Gasteiger partial charge in [-0.25, -0.2) is 0 Å². The molecular formula is C26H56O3Sn. The topological polar surface area (TPSA) is 27.7 Å². The van der Waals surface area contributed by atoms with E-state index in [1.54, 1.807) is 0 Å². The van der Waals surface area contributed by atoms with Crippen LogP contribution in [0.2, 0.25) is 4.44 Å². The summed E-state index contributed by atoms with van der Waals surface area (Å²) in [5, 5.41) is 0. The predicted octanol–water partition coefficient (Wildman–Crippen LogP) is 9.08. The molecule has 0 amide bonds. The molecule has 0 aliphatic heterocycles. The van der Waals surface area contributed by atoms with Crippen LogP contribution in [0.15, 0.2) is 0 Å². The Hall–Kier alpha value is 0.679. The molecule has 0 aromatic rings. The van der Waals surface area contributed by atoms with E-state index >= 15 is 0 Å². The zero-order valence-corrected chi connectivity index (χ0v) is 24.1. The maximum atomic E-state index is 6.58. The molecule has 0 spiro atoms. The average Bonchev–Trinajstić information content (AvgIpc) is 2.75. The summed E-state index contributed by atoms with van der Waals surface area (Å²) in [6, 6.07) is 0. The zero-order valence-electron chi connectivity index (χ0n) is 21.3. The Morgan fingerprint density at radius 3 is 1.03 bits per heavy atom. The van der Waals surface area contributed by atoms with E-state index in [9.17, 15) is 0 Å². The predicted molar refractivity (Wildman–Crippen MR) is 134 cm³/mol.